The van der Waals surface area contributed by atoms with Crippen LogP contribution in [0.25, 0.3) is 0 Å². The zero-order chi connectivity index (χ0) is 15.6. The molecule has 4 nitrogen and oxygen atoms in total. The lowest BCUT2D eigenvalue weighted by molar-refractivity contribution is 0.403. The lowest BCUT2D eigenvalue weighted by atomic mass is 10.1. The lowest BCUT2D eigenvalue weighted by Crippen LogP contribution is -2.08. The topological polar surface area (TPSA) is 69.4 Å². The van der Waals surface area contributed by atoms with Crippen molar-refractivity contribution in [3.8, 4) is 5.75 Å². The van der Waals surface area contributed by atoms with E-state index in [4.69, 9.17) is 10.5 Å². The molecule has 2 aromatic carbocycles. The summed E-state index contributed by atoms with van der Waals surface area (Å²) in [6.45, 7) is 3.85. The maximum atomic E-state index is 12.6. The van der Waals surface area contributed by atoms with E-state index < -0.39 is 9.84 Å². The molecule has 112 valence electrons. The molecular formula is C16H19NO3S. The van der Waals surface area contributed by atoms with Crippen LogP contribution in [0.4, 0.5) is 5.69 Å². The summed E-state index contributed by atoms with van der Waals surface area (Å²) in [5.74, 6) is 0.223. The number of hydrogen-bond donors (Lipinski definition) is 1. The molecule has 0 unspecified atom stereocenters. The van der Waals surface area contributed by atoms with Crippen molar-refractivity contribution in [2.45, 2.75) is 24.5 Å². The number of nitrogen functional groups attached to an aromatic ring is 1. The molecule has 0 spiro atoms. The highest BCUT2D eigenvalue weighted by Gasteiger charge is 2.21. The number of nitrogens with two attached hydrogens (primary N) is 1. The van der Waals surface area contributed by atoms with Gasteiger partial charge in [0.25, 0.3) is 0 Å². The molecule has 0 saturated carbocycles. The first-order valence-corrected chi connectivity index (χ1v) is 8.21. The molecule has 2 rings (SSSR count). The summed E-state index contributed by atoms with van der Waals surface area (Å²) in [7, 11) is -2.06. The minimum atomic E-state index is -3.49. The van der Waals surface area contributed by atoms with E-state index in [1.807, 2.05) is 32.0 Å². The Morgan fingerprint density at radius 3 is 2.48 bits per heavy atom. The molecule has 0 radical (unpaired) electrons. The number of methoxy groups -OCH3 is 1. The Bertz CT molecular complexity index is 767. The first-order chi connectivity index (χ1) is 9.83. The third-order valence-corrected chi connectivity index (χ3v) is 5.07. The normalized spacial score (nSPS) is 11.4. The van der Waals surface area contributed by atoms with Gasteiger partial charge >= 0.3 is 0 Å². The molecule has 0 aliphatic heterocycles. The molecule has 0 atom stereocenters. The van der Waals surface area contributed by atoms with E-state index in [2.05, 4.69) is 0 Å². The number of anilines is 1. The van der Waals surface area contributed by atoms with E-state index in [0.29, 0.717) is 5.69 Å². The summed E-state index contributed by atoms with van der Waals surface area (Å²) >= 11 is 0. The number of rotatable bonds is 4. The largest absolute Gasteiger partial charge is 0.495 e. The highest BCUT2D eigenvalue weighted by molar-refractivity contribution is 7.90. The Morgan fingerprint density at radius 1 is 1.10 bits per heavy atom. The second-order valence-corrected chi connectivity index (χ2v) is 7.06. The summed E-state index contributed by atoms with van der Waals surface area (Å²) in [4.78, 5) is 0.167. The number of sulfone groups is 1. The first kappa shape index (κ1) is 15.4. The fourth-order valence-corrected chi connectivity index (χ4v) is 3.78. The molecule has 0 saturated heterocycles. The predicted octanol–water partition coefficient (Wildman–Crippen LogP) is 2.87. The molecular weight excluding hydrogens is 286 g/mol. The minimum Gasteiger partial charge on any atom is -0.495 e. The summed E-state index contributed by atoms with van der Waals surface area (Å²) in [5.41, 5.74) is 8.93. The van der Waals surface area contributed by atoms with E-state index in [-0.39, 0.29) is 16.4 Å². The third kappa shape index (κ3) is 3.36. The SMILES string of the molecule is COc1cc(N)ccc1S(=O)(=O)Cc1cc(C)ccc1C. The molecule has 5 heteroatoms. The second kappa shape index (κ2) is 5.77. The average molecular weight is 305 g/mol. The molecule has 0 bridgehead atoms. The van der Waals surface area contributed by atoms with Crippen LogP contribution in [0.3, 0.4) is 0 Å². The Labute approximate surface area is 125 Å². The Morgan fingerprint density at radius 2 is 1.81 bits per heavy atom. The molecule has 0 amide bonds. The van der Waals surface area contributed by atoms with Gasteiger partial charge < -0.3 is 10.5 Å². The summed E-state index contributed by atoms with van der Waals surface area (Å²) in [5, 5.41) is 0. The Kier molecular flexibility index (Phi) is 4.23. The number of benzene rings is 2. The molecule has 0 heterocycles. The summed E-state index contributed by atoms with van der Waals surface area (Å²) in [6.07, 6.45) is 0. The molecule has 2 aromatic rings. The van der Waals surface area contributed by atoms with E-state index >= 15 is 0 Å². The van der Waals surface area contributed by atoms with Gasteiger partial charge in [0, 0.05) is 11.8 Å². The van der Waals surface area contributed by atoms with Crippen molar-refractivity contribution >= 4 is 15.5 Å². The maximum absolute atomic E-state index is 12.6. The van der Waals surface area contributed by atoms with Crippen LogP contribution >= 0.6 is 0 Å². The third-order valence-electron chi connectivity index (χ3n) is 3.37. The zero-order valence-electron chi connectivity index (χ0n) is 12.4. The second-order valence-electron chi connectivity index (χ2n) is 5.10. The molecule has 2 N–H and O–H groups in total. The van der Waals surface area contributed by atoms with Crippen LogP contribution in [0.1, 0.15) is 16.7 Å². The molecule has 0 aromatic heterocycles. The highest BCUT2D eigenvalue weighted by Crippen LogP contribution is 2.29. The van der Waals surface area contributed by atoms with Crippen molar-refractivity contribution in [3.63, 3.8) is 0 Å². The first-order valence-electron chi connectivity index (χ1n) is 6.56. The zero-order valence-corrected chi connectivity index (χ0v) is 13.2. The van der Waals surface area contributed by atoms with E-state index in [1.54, 1.807) is 6.07 Å². The number of ether oxygens (including phenoxy) is 1. The Hall–Kier alpha value is -2.01. The molecule has 21 heavy (non-hydrogen) atoms. The number of hydrogen-bond acceptors (Lipinski definition) is 4. The number of aryl methyl sites for hydroxylation is 2. The Balaban J connectivity index is 2.46. The van der Waals surface area contributed by atoms with Crippen molar-refractivity contribution in [1.29, 1.82) is 0 Å². The highest BCUT2D eigenvalue weighted by atomic mass is 32.2. The van der Waals surface area contributed by atoms with Gasteiger partial charge in [0.05, 0.1) is 12.9 Å². The van der Waals surface area contributed by atoms with Gasteiger partial charge in [-0.3, -0.25) is 0 Å². The van der Waals surface area contributed by atoms with Gasteiger partial charge in [-0.2, -0.15) is 0 Å². The van der Waals surface area contributed by atoms with Crippen LogP contribution in [0.15, 0.2) is 41.3 Å². The minimum absolute atomic E-state index is 0.0548. The predicted molar refractivity (Wildman–Crippen MR) is 84.2 cm³/mol. The molecule has 0 aliphatic rings. The lowest BCUT2D eigenvalue weighted by Gasteiger charge is -2.12. The van der Waals surface area contributed by atoms with E-state index in [9.17, 15) is 8.42 Å². The fraction of sp³-hybridized carbons (Fsp3) is 0.250. The average Bonchev–Trinajstić information content (AvgIpc) is 2.42. The van der Waals surface area contributed by atoms with Crippen molar-refractivity contribution in [1.82, 2.24) is 0 Å². The van der Waals surface area contributed by atoms with Gasteiger partial charge in [-0.05, 0) is 37.1 Å². The van der Waals surface area contributed by atoms with Crippen molar-refractivity contribution < 1.29 is 13.2 Å². The summed E-state index contributed by atoms with van der Waals surface area (Å²) < 4.78 is 30.4. The monoisotopic (exact) mass is 305 g/mol. The smallest absolute Gasteiger partial charge is 0.186 e. The van der Waals surface area contributed by atoms with E-state index in [0.717, 1.165) is 16.7 Å². The van der Waals surface area contributed by atoms with Gasteiger partial charge in [-0.25, -0.2) is 8.42 Å². The van der Waals surface area contributed by atoms with Gasteiger partial charge in [-0.1, -0.05) is 23.8 Å². The van der Waals surface area contributed by atoms with Crippen LogP contribution in [-0.4, -0.2) is 15.5 Å². The van der Waals surface area contributed by atoms with Gasteiger partial charge in [0.15, 0.2) is 9.84 Å². The van der Waals surface area contributed by atoms with Crippen LogP contribution in [0.5, 0.6) is 5.75 Å². The summed E-state index contributed by atoms with van der Waals surface area (Å²) in [6, 6.07) is 10.4. The van der Waals surface area contributed by atoms with Crippen LogP contribution in [0.2, 0.25) is 0 Å². The van der Waals surface area contributed by atoms with Gasteiger partial charge in [0.1, 0.15) is 10.6 Å². The van der Waals surface area contributed by atoms with Crippen molar-refractivity contribution in [2.24, 2.45) is 0 Å². The quantitative estimate of drug-likeness (QED) is 0.882. The fourth-order valence-electron chi connectivity index (χ4n) is 2.18. The van der Waals surface area contributed by atoms with Crippen LogP contribution in [0, 0.1) is 13.8 Å². The standard InChI is InChI=1S/C16H19NO3S/c1-11-4-5-12(2)13(8-11)10-21(18,19)16-7-6-14(17)9-15(16)20-3/h4-9H,10,17H2,1-3H3. The maximum Gasteiger partial charge on any atom is 0.186 e. The van der Waals surface area contributed by atoms with Crippen molar-refractivity contribution in [2.75, 3.05) is 12.8 Å². The van der Waals surface area contributed by atoms with E-state index in [1.165, 1.54) is 19.2 Å². The van der Waals surface area contributed by atoms with Crippen LogP contribution in [-0.2, 0) is 15.6 Å². The van der Waals surface area contributed by atoms with Crippen LogP contribution < -0.4 is 10.5 Å². The van der Waals surface area contributed by atoms with Gasteiger partial charge in [-0.15, -0.1) is 0 Å². The molecule has 0 fully saturated rings. The van der Waals surface area contributed by atoms with Crippen molar-refractivity contribution in [3.05, 3.63) is 53.1 Å². The molecule has 0 aliphatic carbocycles. The van der Waals surface area contributed by atoms with Gasteiger partial charge in [0.2, 0.25) is 0 Å².